The number of methoxy groups -OCH3 is 2. The Hall–Kier alpha value is -3.25. The average Bonchev–Trinajstić information content (AvgIpc) is 3.23. The summed E-state index contributed by atoms with van der Waals surface area (Å²) >= 11 is 6.39. The number of aryl methyl sites for hydroxylation is 1. The van der Waals surface area contributed by atoms with E-state index in [1.165, 1.54) is 14.2 Å². The Morgan fingerprint density at radius 2 is 1.79 bits per heavy atom. The van der Waals surface area contributed by atoms with Crippen molar-refractivity contribution >= 4 is 29.2 Å². The average molecular weight is 399 g/mol. The van der Waals surface area contributed by atoms with Crippen LogP contribution in [0.1, 0.15) is 26.3 Å². The molecule has 1 aromatic heterocycles. The summed E-state index contributed by atoms with van der Waals surface area (Å²) in [6.45, 7) is 1.79. The third-order valence-electron chi connectivity index (χ3n) is 4.29. The van der Waals surface area contributed by atoms with Crippen molar-refractivity contribution in [3.8, 4) is 11.4 Å². The molecule has 1 N–H and O–H groups in total. The molecule has 0 saturated carbocycles. The Kier molecular flexibility index (Phi) is 5.70. The second kappa shape index (κ2) is 8.19. The van der Waals surface area contributed by atoms with Gasteiger partial charge in [0.15, 0.2) is 0 Å². The molecule has 0 unspecified atom stereocenters. The summed E-state index contributed by atoms with van der Waals surface area (Å²) in [5.74, 6) is -0.406. The molecule has 1 amide bonds. The number of aromatic nitrogens is 1. The van der Waals surface area contributed by atoms with Crippen LogP contribution in [0.3, 0.4) is 0 Å². The summed E-state index contributed by atoms with van der Waals surface area (Å²) in [6, 6.07) is 11.9. The molecule has 0 fully saturated rings. The van der Waals surface area contributed by atoms with Gasteiger partial charge in [0, 0.05) is 24.1 Å². The minimum Gasteiger partial charge on any atom is -0.496 e. The first-order chi connectivity index (χ1) is 13.4. The van der Waals surface area contributed by atoms with E-state index in [-0.39, 0.29) is 5.91 Å². The number of carbonyl (C=O) groups excluding carboxylic acids is 2. The molecule has 6 nitrogen and oxygen atoms in total. The van der Waals surface area contributed by atoms with Gasteiger partial charge in [-0.25, -0.2) is 4.79 Å². The van der Waals surface area contributed by atoms with Crippen LogP contribution in [-0.2, 0) is 4.74 Å². The Balaban J connectivity index is 1.90. The zero-order valence-corrected chi connectivity index (χ0v) is 16.4. The van der Waals surface area contributed by atoms with Gasteiger partial charge >= 0.3 is 5.97 Å². The van der Waals surface area contributed by atoms with Crippen molar-refractivity contribution in [1.82, 2.24) is 4.57 Å². The van der Waals surface area contributed by atoms with Crippen molar-refractivity contribution in [2.24, 2.45) is 0 Å². The molecule has 0 aliphatic rings. The summed E-state index contributed by atoms with van der Waals surface area (Å²) in [6.07, 6.45) is 3.71. The van der Waals surface area contributed by atoms with Gasteiger partial charge in [-0.05, 0) is 48.9 Å². The molecule has 0 spiro atoms. The first kappa shape index (κ1) is 19.5. The highest BCUT2D eigenvalue weighted by molar-refractivity contribution is 6.33. The van der Waals surface area contributed by atoms with Crippen molar-refractivity contribution in [3.63, 3.8) is 0 Å². The number of carbonyl (C=O) groups is 2. The fraction of sp³-hybridized carbons (Fsp3) is 0.143. The number of amides is 1. The van der Waals surface area contributed by atoms with Crippen molar-refractivity contribution in [3.05, 3.63) is 76.6 Å². The number of hydrogen-bond donors (Lipinski definition) is 1. The molecule has 0 aliphatic heterocycles. The zero-order valence-electron chi connectivity index (χ0n) is 15.7. The molecule has 7 heteroatoms. The van der Waals surface area contributed by atoms with Crippen LogP contribution in [0.25, 0.3) is 5.69 Å². The first-order valence-electron chi connectivity index (χ1n) is 8.45. The lowest BCUT2D eigenvalue weighted by Crippen LogP contribution is -2.15. The lowest BCUT2D eigenvalue weighted by molar-refractivity contribution is 0.0600. The van der Waals surface area contributed by atoms with Crippen LogP contribution in [0.15, 0.2) is 54.9 Å². The van der Waals surface area contributed by atoms with E-state index in [1.807, 2.05) is 29.1 Å². The fourth-order valence-corrected chi connectivity index (χ4v) is 3.08. The van der Waals surface area contributed by atoms with E-state index in [0.29, 0.717) is 33.3 Å². The van der Waals surface area contributed by atoms with Gasteiger partial charge in [-0.15, -0.1) is 0 Å². The highest BCUT2D eigenvalue weighted by Gasteiger charge is 2.18. The zero-order chi connectivity index (χ0) is 20.3. The van der Waals surface area contributed by atoms with Crippen molar-refractivity contribution in [2.75, 3.05) is 19.5 Å². The number of ether oxygens (including phenoxy) is 2. The molecule has 0 radical (unpaired) electrons. The molecule has 1 heterocycles. The maximum absolute atomic E-state index is 12.8. The van der Waals surface area contributed by atoms with E-state index in [4.69, 9.17) is 21.1 Å². The summed E-state index contributed by atoms with van der Waals surface area (Å²) < 4.78 is 11.9. The maximum Gasteiger partial charge on any atom is 0.337 e. The Bertz CT molecular complexity index is 1030. The third-order valence-corrected chi connectivity index (χ3v) is 4.59. The SMILES string of the molecule is COC(=O)c1ccc(NC(=O)c2cc(Cl)c(-n3cccc3)cc2OC)c(C)c1. The van der Waals surface area contributed by atoms with Gasteiger partial charge in [-0.2, -0.15) is 0 Å². The van der Waals surface area contributed by atoms with Gasteiger partial charge in [0.25, 0.3) is 5.91 Å². The lowest BCUT2D eigenvalue weighted by atomic mass is 10.1. The Morgan fingerprint density at radius 1 is 1.07 bits per heavy atom. The quantitative estimate of drug-likeness (QED) is 0.643. The summed E-state index contributed by atoms with van der Waals surface area (Å²) in [5.41, 5.74) is 2.73. The van der Waals surface area contributed by atoms with Crippen LogP contribution < -0.4 is 10.1 Å². The molecule has 0 bridgehead atoms. The summed E-state index contributed by atoms with van der Waals surface area (Å²) in [5, 5.41) is 3.25. The van der Waals surface area contributed by atoms with E-state index in [1.54, 1.807) is 37.3 Å². The van der Waals surface area contributed by atoms with Crippen LogP contribution >= 0.6 is 11.6 Å². The van der Waals surface area contributed by atoms with Crippen LogP contribution in [0.5, 0.6) is 5.75 Å². The molecule has 28 heavy (non-hydrogen) atoms. The first-order valence-corrected chi connectivity index (χ1v) is 8.83. The molecule has 3 aromatic rings. The van der Waals surface area contributed by atoms with Gasteiger partial charge < -0.3 is 19.4 Å². The molecule has 3 rings (SSSR count). The predicted molar refractivity (Wildman–Crippen MR) is 108 cm³/mol. The monoisotopic (exact) mass is 398 g/mol. The molecule has 144 valence electrons. The number of nitrogens with one attached hydrogen (secondary N) is 1. The van der Waals surface area contributed by atoms with Gasteiger partial charge in [-0.1, -0.05) is 11.6 Å². The maximum atomic E-state index is 12.8. The third kappa shape index (κ3) is 3.87. The number of nitrogens with zero attached hydrogens (tertiary/aromatic N) is 1. The number of esters is 1. The normalized spacial score (nSPS) is 10.4. The van der Waals surface area contributed by atoms with E-state index < -0.39 is 5.97 Å². The summed E-state index contributed by atoms with van der Waals surface area (Å²) in [7, 11) is 2.82. The second-order valence-electron chi connectivity index (χ2n) is 6.07. The van der Waals surface area contributed by atoms with Crippen molar-refractivity contribution in [1.29, 1.82) is 0 Å². The van der Waals surface area contributed by atoms with Crippen LogP contribution in [-0.4, -0.2) is 30.7 Å². The topological polar surface area (TPSA) is 69.6 Å². The van der Waals surface area contributed by atoms with Crippen LogP contribution in [0.2, 0.25) is 5.02 Å². The number of rotatable bonds is 5. The molecule has 0 saturated heterocycles. The number of anilines is 1. The largest absolute Gasteiger partial charge is 0.496 e. The van der Waals surface area contributed by atoms with E-state index in [0.717, 1.165) is 5.56 Å². The second-order valence-corrected chi connectivity index (χ2v) is 6.48. The minimum absolute atomic E-state index is 0.305. The van der Waals surface area contributed by atoms with E-state index >= 15 is 0 Å². The Labute approximate surface area is 167 Å². The Morgan fingerprint density at radius 3 is 2.39 bits per heavy atom. The number of benzene rings is 2. The van der Waals surface area contributed by atoms with Gasteiger partial charge in [0.05, 0.1) is 36.1 Å². The highest BCUT2D eigenvalue weighted by atomic mass is 35.5. The standard InChI is InChI=1S/C21H19ClN2O4/c1-13-10-14(21(26)28-3)6-7-17(13)23-20(25)15-11-16(22)18(12-19(15)27-2)24-8-4-5-9-24/h4-12H,1-3H3,(H,23,25). The minimum atomic E-state index is -0.435. The van der Waals surface area contributed by atoms with Gasteiger partial charge in [0.1, 0.15) is 5.75 Å². The smallest absolute Gasteiger partial charge is 0.337 e. The number of halogens is 1. The van der Waals surface area contributed by atoms with E-state index in [9.17, 15) is 9.59 Å². The predicted octanol–water partition coefficient (Wildman–Crippen LogP) is 4.49. The van der Waals surface area contributed by atoms with Crippen molar-refractivity contribution in [2.45, 2.75) is 6.92 Å². The molecular formula is C21H19ClN2O4. The van der Waals surface area contributed by atoms with E-state index in [2.05, 4.69) is 5.32 Å². The van der Waals surface area contributed by atoms with Crippen LogP contribution in [0, 0.1) is 6.92 Å². The molecular weight excluding hydrogens is 380 g/mol. The molecule has 0 aliphatic carbocycles. The lowest BCUT2D eigenvalue weighted by Gasteiger charge is -2.15. The molecule has 0 atom stereocenters. The number of hydrogen-bond acceptors (Lipinski definition) is 4. The van der Waals surface area contributed by atoms with Gasteiger partial charge in [-0.3, -0.25) is 4.79 Å². The van der Waals surface area contributed by atoms with Gasteiger partial charge in [0.2, 0.25) is 0 Å². The fourth-order valence-electron chi connectivity index (χ4n) is 2.82. The summed E-state index contributed by atoms with van der Waals surface area (Å²) in [4.78, 5) is 24.5. The molecule has 2 aromatic carbocycles. The van der Waals surface area contributed by atoms with Crippen molar-refractivity contribution < 1.29 is 19.1 Å². The highest BCUT2D eigenvalue weighted by Crippen LogP contribution is 2.31. The van der Waals surface area contributed by atoms with Crippen LogP contribution in [0.4, 0.5) is 5.69 Å².